The van der Waals surface area contributed by atoms with Gasteiger partial charge in [-0.15, -0.1) is 22.1 Å². The fraction of sp³-hybridized carbons (Fsp3) is 0.303. The van der Waals surface area contributed by atoms with Gasteiger partial charge in [-0.1, -0.05) is 41.0 Å². The summed E-state index contributed by atoms with van der Waals surface area (Å²) in [6.45, 7) is 9.57. The maximum absolute atomic E-state index is 12.2. The van der Waals surface area contributed by atoms with E-state index < -0.39 is 11.9 Å². The van der Waals surface area contributed by atoms with E-state index in [2.05, 4.69) is 0 Å². The van der Waals surface area contributed by atoms with Crippen LogP contribution < -0.4 is 9.97 Å². The monoisotopic (exact) mass is 652 g/mol. The average molecular weight is 653 g/mol. The second kappa shape index (κ2) is 13.0. The molecule has 0 radical (unpaired) electrons. The largest absolute Gasteiger partial charge is 2.00 e. The Balaban J connectivity index is 0.00000442. The molecule has 228 valence electrons. The summed E-state index contributed by atoms with van der Waals surface area (Å²) in [5, 5.41) is 18.7. The molecule has 8 bridgehead atoms. The SMILES string of the molecule is CC1=C(C=O)c2cc3[n-]c(cc4nc(cc5[n-]c(cc1n2)c(C)c5CCC(=O)O)C(CCC(=O)O)=C4C)c(C(C)S)c3C.[Fe+2]. The first-order valence-electron chi connectivity index (χ1n) is 14.0. The second-order valence-electron chi connectivity index (χ2n) is 11.0. The van der Waals surface area contributed by atoms with E-state index in [1.165, 1.54) is 0 Å². The quantitative estimate of drug-likeness (QED) is 0.149. The summed E-state index contributed by atoms with van der Waals surface area (Å²) in [4.78, 5) is 54.8. The third-order valence-electron chi connectivity index (χ3n) is 8.19. The van der Waals surface area contributed by atoms with Crippen LogP contribution in [0.15, 0.2) is 24.3 Å². The van der Waals surface area contributed by atoms with Crippen LogP contribution in [0, 0.1) is 13.8 Å². The minimum Gasteiger partial charge on any atom is -0.657 e. The molecular formula is C33H32FeN4O5S. The number of allylic oxidation sites excluding steroid dienone is 4. The van der Waals surface area contributed by atoms with Crippen LogP contribution in [0.3, 0.4) is 0 Å². The molecule has 44 heavy (non-hydrogen) atoms. The smallest absolute Gasteiger partial charge is 0.657 e. The number of carbonyl (C=O) groups excluding carboxylic acids is 1. The van der Waals surface area contributed by atoms with E-state index in [1.54, 1.807) is 0 Å². The Hall–Kier alpha value is -3.92. The average Bonchev–Trinajstić information content (AvgIpc) is 3.59. The van der Waals surface area contributed by atoms with Crippen molar-refractivity contribution in [2.24, 2.45) is 0 Å². The molecule has 3 aromatic heterocycles. The van der Waals surface area contributed by atoms with E-state index in [0.29, 0.717) is 56.0 Å². The van der Waals surface area contributed by atoms with Gasteiger partial charge in [0.25, 0.3) is 0 Å². The summed E-state index contributed by atoms with van der Waals surface area (Å²) in [6, 6.07) is 7.32. The van der Waals surface area contributed by atoms with Crippen molar-refractivity contribution in [2.45, 2.75) is 65.6 Å². The predicted octanol–water partition coefficient (Wildman–Crippen LogP) is 6.12. The Labute approximate surface area is 270 Å². The zero-order valence-electron chi connectivity index (χ0n) is 25.0. The van der Waals surface area contributed by atoms with Crippen LogP contribution in [0.2, 0.25) is 0 Å². The van der Waals surface area contributed by atoms with Gasteiger partial charge in [-0.25, -0.2) is 9.97 Å². The molecule has 0 saturated carbocycles. The number of aliphatic carboxylic acids is 2. The van der Waals surface area contributed by atoms with Gasteiger partial charge in [0.2, 0.25) is 0 Å². The second-order valence-corrected chi connectivity index (χ2v) is 11.7. The van der Waals surface area contributed by atoms with Crippen LogP contribution in [0.25, 0.3) is 44.4 Å². The van der Waals surface area contributed by atoms with E-state index >= 15 is 0 Å². The number of fused-ring (bicyclic) bond motifs is 8. The van der Waals surface area contributed by atoms with E-state index in [9.17, 15) is 24.6 Å². The zero-order chi connectivity index (χ0) is 31.2. The number of thiol groups is 1. The van der Waals surface area contributed by atoms with Gasteiger partial charge < -0.3 is 20.2 Å². The molecule has 0 fully saturated rings. The first-order valence-corrected chi connectivity index (χ1v) is 14.5. The minimum atomic E-state index is -0.924. The summed E-state index contributed by atoms with van der Waals surface area (Å²) in [5.41, 5.74) is 11.1. The Bertz CT molecular complexity index is 1930. The van der Waals surface area contributed by atoms with Gasteiger partial charge >= 0.3 is 29.0 Å². The number of aldehydes is 1. The molecule has 11 heteroatoms. The fourth-order valence-electron chi connectivity index (χ4n) is 5.77. The summed E-state index contributed by atoms with van der Waals surface area (Å²) >= 11 is 4.73. The van der Waals surface area contributed by atoms with E-state index in [1.807, 2.05) is 58.9 Å². The molecule has 0 saturated heterocycles. The Kier molecular flexibility index (Phi) is 9.73. The molecule has 1 atom stereocenters. The van der Waals surface area contributed by atoms with Gasteiger partial charge in [0, 0.05) is 23.7 Å². The first kappa shape index (κ1) is 33.0. The number of carboxylic acids is 2. The van der Waals surface area contributed by atoms with Crippen molar-refractivity contribution in [3.05, 3.63) is 69.3 Å². The predicted molar refractivity (Wildman–Crippen MR) is 170 cm³/mol. The topological polar surface area (TPSA) is 146 Å². The normalized spacial score (nSPS) is 13.6. The molecule has 0 amide bonds. The molecule has 2 N–H and O–H groups in total. The molecule has 0 aromatic carbocycles. The van der Waals surface area contributed by atoms with Gasteiger partial charge in [0.15, 0.2) is 6.29 Å². The summed E-state index contributed by atoms with van der Waals surface area (Å²) in [7, 11) is 0. The van der Waals surface area contributed by atoms with Crippen LogP contribution in [0.1, 0.15) is 90.3 Å². The molecule has 3 aromatic rings. The maximum Gasteiger partial charge on any atom is 2.00 e. The van der Waals surface area contributed by atoms with Gasteiger partial charge in [-0.3, -0.25) is 14.4 Å². The van der Waals surface area contributed by atoms with Gasteiger partial charge in [-0.05, 0) is 69.7 Å². The number of rotatable bonds is 8. The molecule has 2 aliphatic rings. The molecule has 0 spiro atoms. The number of carbonyl (C=O) groups is 3. The summed E-state index contributed by atoms with van der Waals surface area (Å²) in [5.74, 6) is -1.84. The molecule has 1 unspecified atom stereocenters. The number of nitrogens with zero attached hydrogens (tertiary/aromatic N) is 4. The number of aryl methyl sites for hydroxylation is 3. The van der Waals surface area contributed by atoms with Gasteiger partial charge in [-0.2, -0.15) is 12.6 Å². The Morgan fingerprint density at radius 2 is 1.32 bits per heavy atom. The third kappa shape index (κ3) is 6.17. The molecule has 0 aliphatic carbocycles. The van der Waals surface area contributed by atoms with Crippen molar-refractivity contribution >= 4 is 75.2 Å². The minimum absolute atomic E-state index is 0. The summed E-state index contributed by atoms with van der Waals surface area (Å²) < 4.78 is 0. The number of aromatic nitrogens is 4. The number of hydrogen-bond donors (Lipinski definition) is 3. The third-order valence-corrected chi connectivity index (χ3v) is 8.45. The van der Waals surface area contributed by atoms with Gasteiger partial charge in [0.1, 0.15) is 0 Å². The molecular weight excluding hydrogens is 620 g/mol. The maximum atomic E-state index is 12.2. The van der Waals surface area contributed by atoms with Crippen molar-refractivity contribution in [1.82, 2.24) is 19.9 Å². The number of carboxylic acid groups (broad SMARTS) is 2. The van der Waals surface area contributed by atoms with Crippen LogP contribution >= 0.6 is 12.6 Å². The van der Waals surface area contributed by atoms with Crippen LogP contribution in [-0.2, 0) is 37.9 Å². The van der Waals surface area contributed by atoms with Crippen molar-refractivity contribution in [1.29, 1.82) is 0 Å². The first-order chi connectivity index (χ1) is 20.4. The summed E-state index contributed by atoms with van der Waals surface area (Å²) in [6.07, 6.45) is 1.17. The van der Waals surface area contributed by atoms with Gasteiger partial charge in [0.05, 0.1) is 22.8 Å². The standard InChI is InChI=1S/C33H34N4O5S.Fe/c1-15-20(6-8-31(39)40)27-13-28-21(7-9-32(41)42)16(2)25(35-28)12-30-33(19(5)43)18(4)26(37-30)11-29-22(14-38)17(3)24(36-29)10-23(15)34-27;/h10-14,19H,6-9H2,1-5H3,(H5,34,35,36,37,38,39,40,41,42,43);/q;+2/p-2. The molecule has 5 rings (SSSR count). The van der Waals surface area contributed by atoms with E-state index in [-0.39, 0.29) is 48.0 Å². The van der Waals surface area contributed by atoms with E-state index in [0.717, 1.165) is 39.7 Å². The van der Waals surface area contributed by atoms with Crippen LogP contribution in [-0.4, -0.2) is 38.4 Å². The Morgan fingerprint density at radius 1 is 0.795 bits per heavy atom. The molecule has 2 aliphatic heterocycles. The zero-order valence-corrected chi connectivity index (χ0v) is 27.0. The van der Waals surface area contributed by atoms with Crippen LogP contribution in [0.4, 0.5) is 0 Å². The molecule has 5 heterocycles. The van der Waals surface area contributed by atoms with Crippen molar-refractivity contribution in [2.75, 3.05) is 0 Å². The van der Waals surface area contributed by atoms with Crippen molar-refractivity contribution in [3.8, 4) is 0 Å². The number of hydrogen-bond acceptors (Lipinski definition) is 6. The van der Waals surface area contributed by atoms with Crippen molar-refractivity contribution in [3.63, 3.8) is 0 Å². The van der Waals surface area contributed by atoms with E-state index in [4.69, 9.17) is 32.6 Å². The van der Waals surface area contributed by atoms with Crippen molar-refractivity contribution < 1.29 is 41.7 Å². The Morgan fingerprint density at radius 3 is 1.95 bits per heavy atom. The fourth-order valence-corrected chi connectivity index (χ4v) is 6.10. The molecule has 9 nitrogen and oxygen atoms in total. The van der Waals surface area contributed by atoms with Crippen LogP contribution in [0.5, 0.6) is 0 Å².